The SMILES string of the molecule is CCNC(=NCc1cccs1)NCCOc1ccc2c(c1)OCO2. The van der Waals surface area contributed by atoms with Crippen LogP contribution in [0.15, 0.2) is 40.7 Å². The summed E-state index contributed by atoms with van der Waals surface area (Å²) in [5.41, 5.74) is 0. The van der Waals surface area contributed by atoms with E-state index >= 15 is 0 Å². The van der Waals surface area contributed by atoms with Crippen molar-refractivity contribution in [2.75, 3.05) is 26.5 Å². The summed E-state index contributed by atoms with van der Waals surface area (Å²) in [5, 5.41) is 8.56. The molecule has 0 bridgehead atoms. The summed E-state index contributed by atoms with van der Waals surface area (Å²) in [7, 11) is 0. The van der Waals surface area contributed by atoms with Crippen molar-refractivity contribution in [3.8, 4) is 17.2 Å². The Morgan fingerprint density at radius 1 is 1.25 bits per heavy atom. The predicted molar refractivity (Wildman–Crippen MR) is 95.2 cm³/mol. The first-order chi connectivity index (χ1) is 11.8. The number of guanidine groups is 1. The van der Waals surface area contributed by atoms with Crippen molar-refractivity contribution in [2.24, 2.45) is 4.99 Å². The second-order valence-electron chi connectivity index (χ2n) is 5.06. The Hall–Kier alpha value is -2.41. The lowest BCUT2D eigenvalue weighted by Crippen LogP contribution is -2.39. The Morgan fingerprint density at radius 3 is 3.00 bits per heavy atom. The van der Waals surface area contributed by atoms with Crippen LogP contribution >= 0.6 is 11.3 Å². The summed E-state index contributed by atoms with van der Waals surface area (Å²) in [4.78, 5) is 5.80. The van der Waals surface area contributed by atoms with Crippen LogP contribution < -0.4 is 24.8 Å². The van der Waals surface area contributed by atoms with Gasteiger partial charge in [-0.1, -0.05) is 6.07 Å². The van der Waals surface area contributed by atoms with Crippen LogP contribution in [0.5, 0.6) is 17.2 Å². The lowest BCUT2D eigenvalue weighted by atomic mass is 10.3. The molecule has 1 aliphatic heterocycles. The second kappa shape index (κ2) is 8.44. The van der Waals surface area contributed by atoms with E-state index in [1.165, 1.54) is 4.88 Å². The molecule has 0 spiro atoms. The Bertz CT molecular complexity index is 674. The van der Waals surface area contributed by atoms with Crippen molar-refractivity contribution in [1.82, 2.24) is 10.6 Å². The van der Waals surface area contributed by atoms with Crippen LogP contribution in [0.1, 0.15) is 11.8 Å². The van der Waals surface area contributed by atoms with Gasteiger partial charge < -0.3 is 24.8 Å². The molecule has 1 aromatic heterocycles. The maximum absolute atomic E-state index is 5.73. The van der Waals surface area contributed by atoms with E-state index < -0.39 is 0 Å². The number of nitrogens with zero attached hydrogens (tertiary/aromatic N) is 1. The average Bonchev–Trinajstić information content (AvgIpc) is 3.27. The molecule has 0 saturated carbocycles. The van der Waals surface area contributed by atoms with Crippen molar-refractivity contribution in [3.05, 3.63) is 40.6 Å². The molecule has 7 heteroatoms. The van der Waals surface area contributed by atoms with Crippen LogP contribution in [0.25, 0.3) is 0 Å². The van der Waals surface area contributed by atoms with Gasteiger partial charge >= 0.3 is 0 Å². The monoisotopic (exact) mass is 347 g/mol. The normalized spacial score (nSPS) is 13.0. The third kappa shape index (κ3) is 4.55. The van der Waals surface area contributed by atoms with Gasteiger partial charge in [0.05, 0.1) is 13.1 Å². The third-order valence-corrected chi connectivity index (χ3v) is 4.19. The van der Waals surface area contributed by atoms with Gasteiger partial charge in [-0.05, 0) is 30.5 Å². The molecule has 0 aliphatic carbocycles. The maximum atomic E-state index is 5.73. The Morgan fingerprint density at radius 2 is 2.17 bits per heavy atom. The molecular weight excluding hydrogens is 326 g/mol. The van der Waals surface area contributed by atoms with Gasteiger partial charge in [0.15, 0.2) is 17.5 Å². The number of rotatable bonds is 7. The first-order valence-electron chi connectivity index (χ1n) is 7.92. The number of thiophene rings is 1. The van der Waals surface area contributed by atoms with Crippen LogP contribution in [0.3, 0.4) is 0 Å². The topological polar surface area (TPSA) is 64.1 Å². The minimum atomic E-state index is 0.271. The van der Waals surface area contributed by atoms with Crippen LogP contribution in [0, 0.1) is 0 Å². The van der Waals surface area contributed by atoms with Gasteiger partial charge in [-0.15, -0.1) is 11.3 Å². The molecule has 0 unspecified atom stereocenters. The number of fused-ring (bicyclic) bond motifs is 1. The number of nitrogens with one attached hydrogen (secondary N) is 2. The fourth-order valence-corrected chi connectivity index (χ4v) is 2.83. The maximum Gasteiger partial charge on any atom is 0.231 e. The van der Waals surface area contributed by atoms with Crippen molar-refractivity contribution >= 4 is 17.3 Å². The Kier molecular flexibility index (Phi) is 5.79. The Balaban J connectivity index is 1.44. The van der Waals surface area contributed by atoms with Crippen LogP contribution in [0.2, 0.25) is 0 Å². The van der Waals surface area contributed by atoms with Gasteiger partial charge in [0, 0.05) is 17.5 Å². The smallest absolute Gasteiger partial charge is 0.231 e. The van der Waals surface area contributed by atoms with Crippen molar-refractivity contribution in [3.63, 3.8) is 0 Å². The number of hydrogen-bond acceptors (Lipinski definition) is 5. The molecule has 2 heterocycles. The zero-order valence-electron chi connectivity index (χ0n) is 13.6. The molecule has 1 aromatic carbocycles. The molecule has 0 amide bonds. The first-order valence-corrected chi connectivity index (χ1v) is 8.80. The number of benzene rings is 1. The van der Waals surface area contributed by atoms with Gasteiger partial charge in [0.2, 0.25) is 6.79 Å². The summed E-state index contributed by atoms with van der Waals surface area (Å²) in [6, 6.07) is 9.70. The molecule has 0 fully saturated rings. The van der Waals surface area contributed by atoms with E-state index in [1.54, 1.807) is 11.3 Å². The lowest BCUT2D eigenvalue weighted by molar-refractivity contribution is 0.173. The molecular formula is C17H21N3O3S. The quantitative estimate of drug-likeness (QED) is 0.458. The summed E-state index contributed by atoms with van der Waals surface area (Å²) in [6.07, 6.45) is 0. The van der Waals surface area contributed by atoms with E-state index in [4.69, 9.17) is 14.2 Å². The summed E-state index contributed by atoms with van der Waals surface area (Å²) in [6.45, 7) is 5.00. The molecule has 2 aromatic rings. The van der Waals surface area contributed by atoms with E-state index in [1.807, 2.05) is 31.2 Å². The zero-order valence-corrected chi connectivity index (χ0v) is 14.4. The summed E-state index contributed by atoms with van der Waals surface area (Å²) < 4.78 is 16.4. The fraction of sp³-hybridized carbons (Fsp3) is 0.353. The summed E-state index contributed by atoms with van der Waals surface area (Å²) >= 11 is 1.71. The lowest BCUT2D eigenvalue weighted by Gasteiger charge is -2.12. The van der Waals surface area contributed by atoms with Crippen LogP contribution in [0.4, 0.5) is 0 Å². The standard InChI is InChI=1S/C17H21N3O3S/c1-2-18-17(20-11-14-4-3-9-24-14)19-7-8-21-13-5-6-15-16(10-13)23-12-22-15/h3-6,9-10H,2,7-8,11-12H2,1H3,(H2,18,19,20). The van der Waals surface area contributed by atoms with Crippen molar-refractivity contribution in [2.45, 2.75) is 13.5 Å². The molecule has 24 heavy (non-hydrogen) atoms. The molecule has 0 saturated heterocycles. The Labute approximate surface area is 145 Å². The zero-order chi connectivity index (χ0) is 16.6. The van der Waals surface area contributed by atoms with E-state index in [0.717, 1.165) is 29.8 Å². The summed E-state index contributed by atoms with van der Waals surface area (Å²) in [5.74, 6) is 3.05. The van der Waals surface area contributed by atoms with E-state index in [-0.39, 0.29) is 6.79 Å². The van der Waals surface area contributed by atoms with E-state index in [2.05, 4.69) is 27.1 Å². The number of hydrogen-bond donors (Lipinski definition) is 2. The van der Waals surface area contributed by atoms with E-state index in [9.17, 15) is 0 Å². The minimum absolute atomic E-state index is 0.271. The van der Waals surface area contributed by atoms with Crippen molar-refractivity contribution < 1.29 is 14.2 Å². The van der Waals surface area contributed by atoms with Gasteiger partial charge in [-0.2, -0.15) is 0 Å². The molecule has 3 rings (SSSR count). The number of aliphatic imine (C=N–C) groups is 1. The first kappa shape index (κ1) is 16.4. The molecule has 6 nitrogen and oxygen atoms in total. The highest BCUT2D eigenvalue weighted by Gasteiger charge is 2.13. The highest BCUT2D eigenvalue weighted by atomic mass is 32.1. The third-order valence-electron chi connectivity index (χ3n) is 3.32. The predicted octanol–water partition coefficient (Wildman–Crippen LogP) is 2.61. The minimum Gasteiger partial charge on any atom is -0.492 e. The van der Waals surface area contributed by atoms with Crippen LogP contribution in [-0.4, -0.2) is 32.4 Å². The van der Waals surface area contributed by atoms with Crippen LogP contribution in [-0.2, 0) is 6.54 Å². The van der Waals surface area contributed by atoms with Gasteiger partial charge in [-0.3, -0.25) is 0 Å². The largest absolute Gasteiger partial charge is 0.492 e. The highest BCUT2D eigenvalue weighted by Crippen LogP contribution is 2.34. The van der Waals surface area contributed by atoms with Crippen molar-refractivity contribution in [1.29, 1.82) is 0 Å². The molecule has 2 N–H and O–H groups in total. The fourth-order valence-electron chi connectivity index (χ4n) is 2.21. The van der Waals surface area contributed by atoms with E-state index in [0.29, 0.717) is 19.7 Å². The molecule has 1 aliphatic rings. The molecule has 128 valence electrons. The number of ether oxygens (including phenoxy) is 3. The highest BCUT2D eigenvalue weighted by molar-refractivity contribution is 7.09. The van der Waals surface area contributed by atoms with Gasteiger partial charge in [0.1, 0.15) is 12.4 Å². The molecule has 0 atom stereocenters. The average molecular weight is 347 g/mol. The molecule has 0 radical (unpaired) electrons. The van der Waals surface area contributed by atoms with Gasteiger partial charge in [0.25, 0.3) is 0 Å². The van der Waals surface area contributed by atoms with Gasteiger partial charge in [-0.25, -0.2) is 4.99 Å². The second-order valence-corrected chi connectivity index (χ2v) is 6.10.